The molecule has 1 N–H and O–H groups in total. The summed E-state index contributed by atoms with van der Waals surface area (Å²) >= 11 is 0. The molecule has 94 valence electrons. The Bertz CT molecular complexity index is 584. The van der Waals surface area contributed by atoms with Crippen molar-refractivity contribution < 1.29 is 14.5 Å². The van der Waals surface area contributed by atoms with Crippen molar-refractivity contribution in [1.29, 1.82) is 0 Å². The van der Waals surface area contributed by atoms with Crippen molar-refractivity contribution in [3.63, 3.8) is 0 Å². The Morgan fingerprint density at radius 1 is 1.17 bits per heavy atom. The Balaban J connectivity index is 2.78. The van der Waals surface area contributed by atoms with E-state index < -0.39 is 16.7 Å². The summed E-state index contributed by atoms with van der Waals surface area (Å²) in [5, 5.41) is 13.1. The third-order valence-electron chi connectivity index (χ3n) is 2.88. The number of fused-ring (bicyclic) bond motifs is 1. The molecule has 2 amide bonds. The summed E-state index contributed by atoms with van der Waals surface area (Å²) in [6.45, 7) is 5.65. The average molecular weight is 248 g/mol. The lowest BCUT2D eigenvalue weighted by molar-refractivity contribution is -0.385. The van der Waals surface area contributed by atoms with Gasteiger partial charge < -0.3 is 0 Å². The van der Waals surface area contributed by atoms with Gasteiger partial charge in [0.05, 0.1) is 10.5 Å². The van der Waals surface area contributed by atoms with Gasteiger partial charge in [-0.15, -0.1) is 0 Å². The van der Waals surface area contributed by atoms with Gasteiger partial charge in [0.15, 0.2) is 0 Å². The van der Waals surface area contributed by atoms with E-state index in [9.17, 15) is 19.7 Å². The number of hydrogen-bond acceptors (Lipinski definition) is 4. The molecule has 18 heavy (non-hydrogen) atoms. The highest BCUT2D eigenvalue weighted by Gasteiger charge is 2.36. The highest BCUT2D eigenvalue weighted by atomic mass is 16.6. The molecular weight excluding hydrogens is 236 g/mol. The van der Waals surface area contributed by atoms with E-state index in [4.69, 9.17) is 0 Å². The third kappa shape index (κ3) is 1.75. The number of carbonyl (C=O) groups excluding carboxylic acids is 2. The highest BCUT2D eigenvalue weighted by molar-refractivity contribution is 6.23. The quantitative estimate of drug-likeness (QED) is 0.466. The van der Waals surface area contributed by atoms with Crippen LogP contribution in [0.15, 0.2) is 12.1 Å². The zero-order chi connectivity index (χ0) is 13.7. The molecule has 1 aromatic rings. The lowest BCUT2D eigenvalue weighted by Gasteiger charge is -2.19. The molecule has 6 heteroatoms. The Morgan fingerprint density at radius 2 is 1.78 bits per heavy atom. The molecule has 0 aliphatic carbocycles. The second-order valence-corrected chi connectivity index (χ2v) is 5.21. The number of hydrogen-bond donors (Lipinski definition) is 1. The maximum absolute atomic E-state index is 11.6. The standard InChI is InChI=1S/C12H12N2O4/c1-12(2,3)6-4-7-9(8(5-6)14(17)18)11(16)13-10(7)15/h4-5H,1-3H3,(H,13,15,16). The van der Waals surface area contributed by atoms with Gasteiger partial charge in [0, 0.05) is 6.07 Å². The Morgan fingerprint density at radius 3 is 2.28 bits per heavy atom. The van der Waals surface area contributed by atoms with Gasteiger partial charge in [-0.25, -0.2) is 0 Å². The molecule has 2 rings (SSSR count). The molecule has 0 bridgehead atoms. The SMILES string of the molecule is CC(C)(C)c1cc2c(c([N+](=O)[O-])c1)C(=O)NC2=O. The maximum atomic E-state index is 11.6. The molecule has 0 radical (unpaired) electrons. The van der Waals surface area contributed by atoms with Crippen molar-refractivity contribution in [3.05, 3.63) is 38.9 Å². The van der Waals surface area contributed by atoms with E-state index in [-0.39, 0.29) is 22.2 Å². The van der Waals surface area contributed by atoms with Gasteiger partial charge in [-0.05, 0) is 17.0 Å². The Kier molecular flexibility index (Phi) is 2.46. The molecule has 1 aromatic carbocycles. The number of carbonyl (C=O) groups is 2. The van der Waals surface area contributed by atoms with Crippen molar-refractivity contribution >= 4 is 17.5 Å². The summed E-state index contributed by atoms with van der Waals surface area (Å²) in [7, 11) is 0. The van der Waals surface area contributed by atoms with Gasteiger partial charge in [0.2, 0.25) is 0 Å². The number of rotatable bonds is 1. The highest BCUT2D eigenvalue weighted by Crippen LogP contribution is 2.33. The minimum absolute atomic E-state index is 0.0825. The summed E-state index contributed by atoms with van der Waals surface area (Å²) in [5.41, 5.74) is -0.0678. The van der Waals surface area contributed by atoms with Crippen LogP contribution in [0.25, 0.3) is 0 Å². The van der Waals surface area contributed by atoms with Crippen LogP contribution in [0, 0.1) is 10.1 Å². The second-order valence-electron chi connectivity index (χ2n) is 5.21. The van der Waals surface area contributed by atoms with Crippen LogP contribution in [0.5, 0.6) is 0 Å². The van der Waals surface area contributed by atoms with Crippen LogP contribution in [0.4, 0.5) is 5.69 Å². The fraction of sp³-hybridized carbons (Fsp3) is 0.333. The Labute approximate surface area is 103 Å². The third-order valence-corrected chi connectivity index (χ3v) is 2.88. The van der Waals surface area contributed by atoms with E-state index in [1.54, 1.807) is 6.07 Å². The van der Waals surface area contributed by atoms with Crippen LogP contribution >= 0.6 is 0 Å². The van der Waals surface area contributed by atoms with E-state index in [2.05, 4.69) is 5.32 Å². The maximum Gasteiger partial charge on any atom is 0.283 e. The van der Waals surface area contributed by atoms with Crippen LogP contribution in [-0.4, -0.2) is 16.7 Å². The van der Waals surface area contributed by atoms with E-state index in [0.717, 1.165) is 0 Å². The zero-order valence-electron chi connectivity index (χ0n) is 10.2. The van der Waals surface area contributed by atoms with Crippen LogP contribution in [0.2, 0.25) is 0 Å². The van der Waals surface area contributed by atoms with Gasteiger partial charge in [-0.3, -0.25) is 25.0 Å². The predicted octanol–water partition coefficient (Wildman–Crippen LogP) is 1.78. The first-order valence-electron chi connectivity index (χ1n) is 5.40. The number of nitro groups is 1. The summed E-state index contributed by atoms with van der Waals surface area (Å²) in [5.74, 6) is -1.29. The minimum Gasteiger partial charge on any atom is -0.288 e. The van der Waals surface area contributed by atoms with Gasteiger partial charge in [0.25, 0.3) is 17.5 Å². The Hall–Kier alpha value is -2.24. The summed E-state index contributed by atoms with van der Waals surface area (Å²) < 4.78 is 0. The second kappa shape index (κ2) is 3.63. The molecule has 0 saturated carbocycles. The molecule has 0 fully saturated rings. The van der Waals surface area contributed by atoms with Gasteiger partial charge in [-0.2, -0.15) is 0 Å². The lowest BCUT2D eigenvalue weighted by atomic mass is 9.85. The lowest BCUT2D eigenvalue weighted by Crippen LogP contribution is -2.20. The van der Waals surface area contributed by atoms with Gasteiger partial charge >= 0.3 is 0 Å². The van der Waals surface area contributed by atoms with Gasteiger partial charge in [-0.1, -0.05) is 20.8 Å². The monoisotopic (exact) mass is 248 g/mol. The van der Waals surface area contributed by atoms with Crippen LogP contribution < -0.4 is 5.32 Å². The predicted molar refractivity (Wildman–Crippen MR) is 63.6 cm³/mol. The van der Waals surface area contributed by atoms with E-state index in [1.807, 2.05) is 20.8 Å². The number of imide groups is 1. The molecule has 0 aromatic heterocycles. The fourth-order valence-corrected chi connectivity index (χ4v) is 1.85. The van der Waals surface area contributed by atoms with Crippen molar-refractivity contribution in [2.75, 3.05) is 0 Å². The van der Waals surface area contributed by atoms with Crippen molar-refractivity contribution in [2.45, 2.75) is 26.2 Å². The molecule has 1 heterocycles. The topological polar surface area (TPSA) is 89.3 Å². The molecule has 1 aliphatic heterocycles. The van der Waals surface area contributed by atoms with Gasteiger partial charge in [0.1, 0.15) is 5.56 Å². The van der Waals surface area contributed by atoms with E-state index >= 15 is 0 Å². The van der Waals surface area contributed by atoms with E-state index in [0.29, 0.717) is 5.56 Å². The largest absolute Gasteiger partial charge is 0.288 e. The normalized spacial score (nSPS) is 14.4. The first kappa shape index (κ1) is 12.2. The van der Waals surface area contributed by atoms with E-state index in [1.165, 1.54) is 6.07 Å². The number of nitrogens with zero attached hydrogens (tertiary/aromatic N) is 1. The fourth-order valence-electron chi connectivity index (χ4n) is 1.85. The molecule has 6 nitrogen and oxygen atoms in total. The molecule has 0 saturated heterocycles. The molecule has 0 unspecified atom stereocenters. The first-order chi connectivity index (χ1) is 8.21. The number of nitro benzene ring substituents is 1. The van der Waals surface area contributed by atoms with Crippen molar-refractivity contribution in [2.24, 2.45) is 0 Å². The summed E-state index contributed by atoms with van der Waals surface area (Å²) in [6, 6.07) is 2.90. The summed E-state index contributed by atoms with van der Waals surface area (Å²) in [4.78, 5) is 33.5. The number of benzene rings is 1. The van der Waals surface area contributed by atoms with Crippen LogP contribution in [0.3, 0.4) is 0 Å². The van der Waals surface area contributed by atoms with Crippen molar-refractivity contribution in [1.82, 2.24) is 5.32 Å². The minimum atomic E-state index is -0.706. The molecule has 0 spiro atoms. The van der Waals surface area contributed by atoms with Crippen molar-refractivity contribution in [3.8, 4) is 0 Å². The molecular formula is C12H12N2O4. The van der Waals surface area contributed by atoms with Crippen LogP contribution in [-0.2, 0) is 5.41 Å². The zero-order valence-corrected chi connectivity index (χ0v) is 10.2. The average Bonchev–Trinajstić information content (AvgIpc) is 2.52. The first-order valence-corrected chi connectivity index (χ1v) is 5.40. The number of nitrogens with one attached hydrogen (secondary N) is 1. The number of amides is 2. The van der Waals surface area contributed by atoms with Crippen LogP contribution in [0.1, 0.15) is 47.1 Å². The smallest absolute Gasteiger partial charge is 0.283 e. The molecule has 1 aliphatic rings. The summed E-state index contributed by atoms with van der Waals surface area (Å²) in [6.07, 6.45) is 0. The molecule has 0 atom stereocenters.